The molecule has 1 aliphatic carbocycles. The molecule has 44 heteroatoms. The van der Waals surface area contributed by atoms with Crippen LogP contribution in [0.15, 0.2) is 30.3 Å². The van der Waals surface area contributed by atoms with E-state index >= 15 is 0 Å². The minimum atomic E-state index is -1.06. The van der Waals surface area contributed by atoms with Crippen molar-refractivity contribution in [1.29, 1.82) is 0 Å². The Labute approximate surface area is 855 Å². The third kappa shape index (κ3) is 53.5. The molecule has 2 aliphatic heterocycles. The monoisotopic (exact) mass is 2080 g/mol. The van der Waals surface area contributed by atoms with Gasteiger partial charge in [0.2, 0.25) is 53.2 Å². The molecule has 9 unspecified atom stereocenters. The molecule has 830 valence electrons. The number of likely N-dealkylation sites (N-methyl/N-ethyl adjacent to an activating group) is 1. The van der Waals surface area contributed by atoms with E-state index in [1.807, 2.05) is 119 Å². The van der Waals surface area contributed by atoms with Crippen molar-refractivity contribution < 1.29 is 164 Å². The number of likely N-dealkylation sites (tertiary alicyclic amines) is 2. The van der Waals surface area contributed by atoms with Crippen LogP contribution in [0.5, 0.6) is 0 Å². The summed E-state index contributed by atoms with van der Waals surface area (Å²) in [4.78, 5) is 182. The predicted octanol–water partition coefficient (Wildman–Crippen LogP) is 4.81. The molecule has 9 amide bonds. The second-order valence-corrected chi connectivity index (χ2v) is 37.8. The molecule has 2 heterocycles. The van der Waals surface area contributed by atoms with Crippen molar-refractivity contribution in [2.24, 2.45) is 35.5 Å². The molecule has 0 bridgehead atoms. The summed E-state index contributed by atoms with van der Waals surface area (Å²) in [6.07, 6.45) is 3.37. The van der Waals surface area contributed by atoms with E-state index in [1.54, 1.807) is 18.9 Å². The number of nitrogens with one attached hydrogen (secondary N) is 6. The van der Waals surface area contributed by atoms with Crippen molar-refractivity contribution in [1.82, 2.24) is 46.6 Å². The van der Waals surface area contributed by atoms with E-state index in [9.17, 15) is 77.3 Å². The van der Waals surface area contributed by atoms with Crippen molar-refractivity contribution in [2.45, 2.75) is 328 Å². The minimum Gasteiger partial charge on any atom is -0.481 e. The van der Waals surface area contributed by atoms with Gasteiger partial charge in [-0.1, -0.05) is 113 Å². The Hall–Kier alpha value is -8.29. The maximum Gasteiger partial charge on any atom is 0.328 e. The summed E-state index contributed by atoms with van der Waals surface area (Å²) in [6.45, 7) is 21.1. The number of aliphatic carboxylic acids is 1. The van der Waals surface area contributed by atoms with Crippen LogP contribution in [0, 0.1) is 35.5 Å². The highest BCUT2D eigenvalue weighted by atomic mass is 32.2. The molecule has 1 aromatic rings. The second kappa shape index (κ2) is 78.0. The van der Waals surface area contributed by atoms with Crippen LogP contribution in [0.1, 0.15) is 229 Å². The summed E-state index contributed by atoms with van der Waals surface area (Å²) in [5, 5.41) is 70.1. The number of carbonyl (C=O) groups excluding carboxylic acids is 13. The van der Waals surface area contributed by atoms with E-state index in [-0.39, 0.29) is 226 Å². The molecule has 3 fully saturated rings. The lowest BCUT2D eigenvalue weighted by atomic mass is 9.81. The van der Waals surface area contributed by atoms with Crippen molar-refractivity contribution >= 4 is 94.8 Å². The summed E-state index contributed by atoms with van der Waals surface area (Å²) in [5.41, 5.74) is 0.793. The van der Waals surface area contributed by atoms with Crippen molar-refractivity contribution in [2.75, 3.05) is 155 Å². The van der Waals surface area contributed by atoms with Gasteiger partial charge in [0.15, 0.2) is 25.2 Å². The number of carboxylic acid groups (broad SMARTS) is 1. The molecule has 144 heavy (non-hydrogen) atoms. The maximum atomic E-state index is 14.3. The van der Waals surface area contributed by atoms with Gasteiger partial charge in [-0.2, -0.15) is 0 Å². The van der Waals surface area contributed by atoms with Crippen molar-refractivity contribution in [3.05, 3.63) is 35.9 Å². The molecule has 43 nitrogen and oxygen atoms in total. The van der Waals surface area contributed by atoms with Crippen molar-refractivity contribution in [3.8, 4) is 0 Å². The normalized spacial score (nSPS) is 18.5. The van der Waals surface area contributed by atoms with Crippen LogP contribution in [0.3, 0.4) is 0 Å². The molecular weight excluding hydrogens is 1900 g/mol. The number of ether oxygens (including phenoxy) is 14. The Bertz CT molecular complexity index is 3760. The number of benzene rings is 1. The highest BCUT2D eigenvalue weighted by Crippen LogP contribution is 2.34. The number of rotatable bonds is 71. The van der Waals surface area contributed by atoms with E-state index in [4.69, 9.17) is 86.7 Å². The number of hydrogen-bond donors (Lipinski definition) is 12. The van der Waals surface area contributed by atoms with Gasteiger partial charge in [0.1, 0.15) is 31.9 Å². The number of hydrogen-bond acceptors (Lipinski definition) is 35. The topological polar surface area (TPSA) is 571 Å². The highest BCUT2D eigenvalue weighted by molar-refractivity contribution is 8.00. The van der Waals surface area contributed by atoms with Crippen LogP contribution < -0.4 is 31.9 Å². The summed E-state index contributed by atoms with van der Waals surface area (Å²) >= 11 is 1.37. The number of amides is 9. The lowest BCUT2D eigenvalue weighted by Gasteiger charge is -2.37. The van der Waals surface area contributed by atoms with Crippen LogP contribution >= 0.6 is 11.8 Å². The molecule has 4 rings (SSSR count). The summed E-state index contributed by atoms with van der Waals surface area (Å²) in [5.74, 6) is -5.52. The van der Waals surface area contributed by atoms with E-state index in [0.29, 0.717) is 83.2 Å². The van der Waals surface area contributed by atoms with Gasteiger partial charge in [0.05, 0.1) is 112 Å². The average molecular weight is 2080 g/mol. The van der Waals surface area contributed by atoms with Crippen LogP contribution in [0.2, 0.25) is 0 Å². The van der Waals surface area contributed by atoms with E-state index in [0.717, 1.165) is 31.2 Å². The Morgan fingerprint density at radius 1 is 0.528 bits per heavy atom. The van der Waals surface area contributed by atoms with Crippen LogP contribution in [-0.2, 0) is 140 Å². The number of imide groups is 1. The first-order valence-electron chi connectivity index (χ1n) is 50.5. The number of carboxylic acids is 1. The minimum absolute atomic E-state index is 0.00463. The van der Waals surface area contributed by atoms with E-state index in [1.165, 1.54) is 59.3 Å². The smallest absolute Gasteiger partial charge is 0.328 e. The van der Waals surface area contributed by atoms with Gasteiger partial charge in [-0.05, 0) is 133 Å². The number of nitrogens with zero attached hydrogens (tertiary/aromatic N) is 3. The fraction of sp³-hybridized carbons (Fsp3) is 0.800. The number of esters is 4. The molecule has 3 aliphatic rings. The molecule has 1 saturated carbocycles. The van der Waals surface area contributed by atoms with Crippen LogP contribution in [-0.4, -0.2) is 381 Å². The first-order chi connectivity index (χ1) is 68.7. The number of carbonyl (C=O) groups is 14. The first kappa shape index (κ1) is 134. The van der Waals surface area contributed by atoms with Crippen LogP contribution in [0.25, 0.3) is 0 Å². The lowest BCUT2D eigenvalue weighted by Crippen LogP contribution is -2.59. The molecule has 0 radical (unpaired) electrons. The van der Waals surface area contributed by atoms with Gasteiger partial charge in [-0.15, -0.1) is 11.8 Å². The van der Waals surface area contributed by atoms with Gasteiger partial charge < -0.3 is 134 Å². The first-order valence-corrected chi connectivity index (χ1v) is 51.5. The molecule has 1 aromatic carbocycles. The summed E-state index contributed by atoms with van der Waals surface area (Å²) in [6, 6.07) is 5.84. The maximum absolute atomic E-state index is 14.3. The van der Waals surface area contributed by atoms with Gasteiger partial charge in [-0.3, -0.25) is 72.1 Å². The van der Waals surface area contributed by atoms with Gasteiger partial charge >= 0.3 is 29.8 Å². The number of thioether (sulfide) groups is 1. The lowest BCUT2D eigenvalue weighted by molar-refractivity contribution is -0.194. The second-order valence-electron chi connectivity index (χ2n) is 36.5. The van der Waals surface area contributed by atoms with E-state index < -0.39 is 127 Å². The molecule has 0 spiro atoms. The third-order valence-electron chi connectivity index (χ3n) is 24.8. The molecule has 12 N–H and O–H groups in total. The van der Waals surface area contributed by atoms with Crippen LogP contribution in [0.4, 0.5) is 0 Å². The Morgan fingerprint density at radius 2 is 1.01 bits per heavy atom. The zero-order valence-corrected chi connectivity index (χ0v) is 89.6. The Kier molecular flexibility index (Phi) is 72.4. The fourth-order valence-electron chi connectivity index (χ4n) is 15.9. The molecule has 0 aromatic heterocycles. The van der Waals surface area contributed by atoms with Crippen molar-refractivity contribution in [3.63, 3.8) is 0 Å². The summed E-state index contributed by atoms with van der Waals surface area (Å²) in [7, 11) is 14.0. The molecular formula is C100H175N9O34S. The highest BCUT2D eigenvalue weighted by Gasteiger charge is 2.45. The Morgan fingerprint density at radius 3 is 1.44 bits per heavy atom. The zero-order valence-electron chi connectivity index (χ0n) is 88.8. The number of aliphatic hydroxyl groups is 5. The van der Waals surface area contributed by atoms with Gasteiger partial charge in [0, 0.05) is 139 Å². The summed E-state index contributed by atoms with van der Waals surface area (Å²) < 4.78 is 74.3. The molecule has 2 saturated heterocycles. The average Bonchev–Trinajstić information content (AvgIpc) is 1.60. The largest absolute Gasteiger partial charge is 0.481 e. The SMILES string of the molecule is CCC(CO)OC(CO)OC.CCC(CO)OC(COC(=O)CCCC(=O)NCCCOC(=O)[C@H](Cc1ccccc1)NC(=O)[C@H](C)[C@@H](OC)[C@@H]1CCCN1C(=O)C[C@@H](OC)[C@@H](NC(=O)[C@@H](NC(=O)[C@H](C(C)C)N(C)C)C(C)C)[C@@H](C)CC)OC.CCC(CO)OC(COC(=O)CCCC(=O)NCCSC1CC(=O)N(CC2CCC(C(=O)NC)CC2)C1=O)OC.CCC(CO)OC(COC(=O)CCCC(=O)O)OC. The standard InChI is InChI=1S/C54H92N6O14.C27H45N3O9S.C12H22O7.C7H16O4/c1-14-36(7)48(58-52(66)47(34(3)4)57-53(67)49(35(5)6)59(9)10)42(69-11)31-44(63)60-28-20-24-41(60)50(71-13)37(8)51(65)56-40(30-38-22-17-16-18-23-38)54(68)72-29-21-27-55-43(62)25-19-26-45(64)73-33-46(70-12)74-39(15-2)32-61;1-4-20(16-31)39-25(37-3)17-38-24(34)7-5-6-22(32)29-12-13-40-21-14-23(33)30(27(21)36)15-18-8-10-19(11-9-18)26(35)28-2;1-3-9(7-13)19-12(17-2)8-18-11(16)6-4-5-10(14)15;1-3-6(4-8)11-7(5-9)10-2/h16-18,22-23,34-37,39-42,46-50,61H,14-15,19-21,24-33H2,1-13H3,(H,55,62)(H,56,65)(H,57,67)(H,58,66);18-21,25,31H,4-17H2,1-3H3,(H,28,35)(H,29,32);9,12-13H,3-8H2,1-2H3,(H,14,15);6-9H,3-5H2,1-2H3/t36-,37+,39?,40-,41-,42+,46?,47-,48-,49-,50+;;;/m0.../s1. The van der Waals surface area contributed by atoms with Gasteiger partial charge in [0.25, 0.3) is 0 Å². The zero-order chi connectivity index (χ0) is 108. The number of aliphatic hydroxyl groups excluding tert-OH is 5. The third-order valence-corrected chi connectivity index (χ3v) is 26.1. The Balaban J connectivity index is 0.00000121. The number of methoxy groups -OCH3 is 6. The van der Waals surface area contributed by atoms with E-state index in [2.05, 4.69) is 31.9 Å². The molecule has 18 atom stereocenters. The van der Waals surface area contributed by atoms with Gasteiger partial charge in [-0.25, -0.2) is 4.79 Å². The quantitative estimate of drug-likeness (QED) is 0.0137. The fourth-order valence-corrected chi connectivity index (χ4v) is 17.0. The predicted molar refractivity (Wildman–Crippen MR) is 533 cm³/mol.